The molecule has 0 bridgehead atoms. The van der Waals surface area contributed by atoms with Crippen molar-refractivity contribution in [1.29, 1.82) is 0 Å². The molecule has 0 spiro atoms. The second-order valence-corrected chi connectivity index (χ2v) is 8.24. The molecule has 0 saturated heterocycles. The van der Waals surface area contributed by atoms with Crippen molar-refractivity contribution in [2.45, 2.75) is 32.7 Å². The van der Waals surface area contributed by atoms with Crippen LogP contribution in [0, 0.1) is 19.7 Å². The largest absolute Gasteiger partial charge is 0.437 e. The van der Waals surface area contributed by atoms with Crippen molar-refractivity contribution >= 4 is 16.7 Å². The molecule has 5 rings (SSSR count). The highest BCUT2D eigenvalue weighted by Crippen LogP contribution is 2.33. The molecule has 1 heterocycles. The molecule has 32 heavy (non-hydrogen) atoms. The second-order valence-electron chi connectivity index (χ2n) is 8.24. The molecule has 1 saturated carbocycles. The molecule has 0 atom stereocenters. The molecular weight excluding hydrogens is 405 g/mol. The van der Waals surface area contributed by atoms with Crippen LogP contribution >= 0.6 is 0 Å². The standard InChI is InChI=1S/C26H22FN3O2/c1-15-3-4-18(25(31)29-21-7-8-21)13-23(15)17-5-9-22-19(12-17)14-28-30-26(22)32-24-10-6-20(27)11-16(24)2/h3-6,9-14,21H,7-8H2,1-2H3,(H,29,31). The monoisotopic (exact) mass is 427 g/mol. The number of nitrogens with one attached hydrogen (secondary N) is 1. The molecule has 3 aromatic carbocycles. The molecule has 1 aliphatic rings. The molecule has 5 nitrogen and oxygen atoms in total. The van der Waals surface area contributed by atoms with Gasteiger partial charge in [0.15, 0.2) is 0 Å². The number of benzene rings is 3. The van der Waals surface area contributed by atoms with Gasteiger partial charge in [-0.15, -0.1) is 5.10 Å². The van der Waals surface area contributed by atoms with Gasteiger partial charge in [-0.05, 0) is 91.4 Å². The van der Waals surface area contributed by atoms with E-state index in [1.807, 2.05) is 43.3 Å². The first-order chi connectivity index (χ1) is 15.5. The Morgan fingerprint density at radius 2 is 1.88 bits per heavy atom. The van der Waals surface area contributed by atoms with Crippen LogP contribution in [0.1, 0.15) is 34.3 Å². The van der Waals surface area contributed by atoms with Crippen molar-refractivity contribution in [3.05, 3.63) is 83.3 Å². The van der Waals surface area contributed by atoms with Crippen LogP contribution in [0.25, 0.3) is 21.9 Å². The number of nitrogens with zero attached hydrogens (tertiary/aromatic N) is 2. The van der Waals surface area contributed by atoms with Crippen LogP contribution in [0.2, 0.25) is 0 Å². The Morgan fingerprint density at radius 3 is 2.66 bits per heavy atom. The zero-order valence-electron chi connectivity index (χ0n) is 17.9. The summed E-state index contributed by atoms with van der Waals surface area (Å²) in [5, 5.41) is 12.9. The van der Waals surface area contributed by atoms with Gasteiger partial charge in [0.05, 0.1) is 6.20 Å². The van der Waals surface area contributed by atoms with E-state index in [4.69, 9.17) is 4.74 Å². The lowest BCUT2D eigenvalue weighted by molar-refractivity contribution is 0.0951. The predicted molar refractivity (Wildman–Crippen MR) is 121 cm³/mol. The highest BCUT2D eigenvalue weighted by Gasteiger charge is 2.24. The molecule has 1 amide bonds. The fourth-order valence-electron chi connectivity index (χ4n) is 3.71. The molecule has 1 N–H and O–H groups in total. The maximum atomic E-state index is 13.4. The first kappa shape index (κ1) is 20.1. The van der Waals surface area contributed by atoms with Crippen LogP contribution < -0.4 is 10.1 Å². The summed E-state index contributed by atoms with van der Waals surface area (Å²) in [5.74, 6) is 0.540. The van der Waals surface area contributed by atoms with Gasteiger partial charge in [0.2, 0.25) is 5.88 Å². The molecule has 1 aliphatic carbocycles. The zero-order valence-corrected chi connectivity index (χ0v) is 17.9. The predicted octanol–water partition coefficient (Wildman–Crippen LogP) is 5.74. The van der Waals surface area contributed by atoms with Gasteiger partial charge in [-0.1, -0.05) is 12.1 Å². The number of halogens is 1. The number of carbonyl (C=O) groups is 1. The van der Waals surface area contributed by atoms with Crippen LogP contribution in [0.4, 0.5) is 4.39 Å². The van der Waals surface area contributed by atoms with Crippen molar-refractivity contribution in [1.82, 2.24) is 15.5 Å². The lowest BCUT2D eigenvalue weighted by Gasteiger charge is -2.12. The maximum absolute atomic E-state index is 13.4. The van der Waals surface area contributed by atoms with Gasteiger partial charge in [-0.3, -0.25) is 4.79 Å². The van der Waals surface area contributed by atoms with Crippen LogP contribution in [0.5, 0.6) is 11.6 Å². The summed E-state index contributed by atoms with van der Waals surface area (Å²) in [6.07, 6.45) is 3.79. The molecule has 6 heteroatoms. The smallest absolute Gasteiger partial charge is 0.251 e. The van der Waals surface area contributed by atoms with E-state index in [-0.39, 0.29) is 11.7 Å². The van der Waals surface area contributed by atoms with Crippen LogP contribution in [0.15, 0.2) is 60.8 Å². The molecule has 160 valence electrons. The third-order valence-electron chi connectivity index (χ3n) is 5.69. The van der Waals surface area contributed by atoms with E-state index < -0.39 is 0 Å². The number of ether oxygens (including phenoxy) is 1. The number of amides is 1. The highest BCUT2D eigenvalue weighted by molar-refractivity contribution is 5.97. The Morgan fingerprint density at radius 1 is 1.03 bits per heavy atom. The van der Waals surface area contributed by atoms with Crippen molar-refractivity contribution in [2.24, 2.45) is 0 Å². The van der Waals surface area contributed by atoms with Crippen LogP contribution in [0.3, 0.4) is 0 Å². The highest BCUT2D eigenvalue weighted by atomic mass is 19.1. The van der Waals surface area contributed by atoms with Gasteiger partial charge >= 0.3 is 0 Å². The minimum atomic E-state index is -0.313. The summed E-state index contributed by atoms with van der Waals surface area (Å²) < 4.78 is 19.4. The van der Waals surface area contributed by atoms with E-state index >= 15 is 0 Å². The topological polar surface area (TPSA) is 64.1 Å². The Bertz CT molecular complexity index is 1350. The molecular formula is C26H22FN3O2. The van der Waals surface area contributed by atoms with Gasteiger partial charge in [-0.2, -0.15) is 5.10 Å². The second kappa shape index (κ2) is 8.04. The van der Waals surface area contributed by atoms with Gasteiger partial charge in [0.1, 0.15) is 11.6 Å². The van der Waals surface area contributed by atoms with Crippen LogP contribution in [-0.2, 0) is 0 Å². The van der Waals surface area contributed by atoms with E-state index in [0.29, 0.717) is 28.8 Å². The number of aromatic nitrogens is 2. The minimum Gasteiger partial charge on any atom is -0.437 e. The van der Waals surface area contributed by atoms with Crippen molar-refractivity contribution in [3.63, 3.8) is 0 Å². The lowest BCUT2D eigenvalue weighted by Crippen LogP contribution is -2.25. The Balaban J connectivity index is 1.49. The maximum Gasteiger partial charge on any atom is 0.251 e. The average molecular weight is 427 g/mol. The van der Waals surface area contributed by atoms with E-state index in [9.17, 15) is 9.18 Å². The first-order valence-electron chi connectivity index (χ1n) is 10.6. The van der Waals surface area contributed by atoms with Crippen molar-refractivity contribution < 1.29 is 13.9 Å². The van der Waals surface area contributed by atoms with Gasteiger partial charge in [0, 0.05) is 22.4 Å². The molecule has 0 unspecified atom stereocenters. The van der Waals surface area contributed by atoms with E-state index in [2.05, 4.69) is 15.5 Å². The number of fused-ring (bicyclic) bond motifs is 1. The van der Waals surface area contributed by atoms with Crippen molar-refractivity contribution in [3.8, 4) is 22.8 Å². The third kappa shape index (κ3) is 4.04. The normalized spacial score (nSPS) is 13.2. The Hall–Kier alpha value is -3.80. The zero-order chi connectivity index (χ0) is 22.2. The fraction of sp³-hybridized carbons (Fsp3) is 0.192. The molecule has 4 aromatic rings. The summed E-state index contributed by atoms with van der Waals surface area (Å²) in [6.45, 7) is 3.81. The van der Waals surface area contributed by atoms with Gasteiger partial charge < -0.3 is 10.1 Å². The molecule has 0 aliphatic heterocycles. The summed E-state index contributed by atoms with van der Waals surface area (Å²) in [4.78, 5) is 12.5. The quantitative estimate of drug-likeness (QED) is 0.441. The minimum absolute atomic E-state index is 0.0363. The number of hydrogen-bond donors (Lipinski definition) is 1. The van der Waals surface area contributed by atoms with Gasteiger partial charge in [-0.25, -0.2) is 4.39 Å². The van der Waals surface area contributed by atoms with Crippen molar-refractivity contribution in [2.75, 3.05) is 0 Å². The molecule has 1 aromatic heterocycles. The van der Waals surface area contributed by atoms with E-state index in [1.54, 1.807) is 19.2 Å². The number of aryl methyl sites for hydroxylation is 2. The number of carbonyl (C=O) groups excluding carboxylic acids is 1. The third-order valence-corrected chi connectivity index (χ3v) is 5.69. The summed E-state index contributed by atoms with van der Waals surface area (Å²) in [7, 11) is 0. The summed E-state index contributed by atoms with van der Waals surface area (Å²) in [6, 6.07) is 16.4. The first-order valence-corrected chi connectivity index (χ1v) is 10.6. The van der Waals surface area contributed by atoms with E-state index in [1.165, 1.54) is 12.1 Å². The summed E-state index contributed by atoms with van der Waals surface area (Å²) >= 11 is 0. The number of rotatable bonds is 5. The Labute approximate surface area is 185 Å². The SMILES string of the molecule is Cc1cc(F)ccc1Oc1nncc2cc(-c3cc(C(=O)NC4CC4)ccc3C)ccc12. The number of hydrogen-bond acceptors (Lipinski definition) is 4. The fourth-order valence-corrected chi connectivity index (χ4v) is 3.71. The molecule has 0 radical (unpaired) electrons. The van der Waals surface area contributed by atoms with E-state index in [0.717, 1.165) is 40.3 Å². The Kier molecular flexibility index (Phi) is 5.05. The van der Waals surface area contributed by atoms with Crippen LogP contribution in [-0.4, -0.2) is 22.1 Å². The molecule has 1 fully saturated rings. The lowest BCUT2D eigenvalue weighted by atomic mass is 9.96. The summed E-state index contributed by atoms with van der Waals surface area (Å²) in [5.41, 5.74) is 4.38. The van der Waals surface area contributed by atoms with Gasteiger partial charge in [0.25, 0.3) is 5.91 Å². The average Bonchev–Trinajstić information content (AvgIpc) is 3.60.